The summed E-state index contributed by atoms with van der Waals surface area (Å²) in [5.41, 5.74) is 0.221. The number of halogens is 1. The number of rotatable bonds is 4. The normalized spacial score (nSPS) is 13.5. The fraction of sp³-hybridized carbons (Fsp3) is 0.462. The zero-order chi connectivity index (χ0) is 12.3. The average molecular weight is 224 g/mol. The molecular weight excluding hydrogens is 207 g/mol. The number of benzene rings is 1. The minimum atomic E-state index is -1.54. The summed E-state index contributed by atoms with van der Waals surface area (Å²) in [5, 5.41) is 8.81. The maximum atomic E-state index is 14.0. The van der Waals surface area contributed by atoms with Gasteiger partial charge in [0.05, 0.1) is 6.42 Å². The van der Waals surface area contributed by atoms with Crippen molar-refractivity contribution < 1.29 is 14.3 Å². The van der Waals surface area contributed by atoms with Gasteiger partial charge in [-0.25, -0.2) is 4.39 Å². The Hall–Kier alpha value is -1.38. The second kappa shape index (κ2) is 4.64. The number of carbonyl (C=O) groups is 1. The third-order valence-electron chi connectivity index (χ3n) is 2.65. The van der Waals surface area contributed by atoms with Crippen LogP contribution in [0, 0.1) is 6.92 Å². The van der Waals surface area contributed by atoms with E-state index in [0.29, 0.717) is 0 Å². The van der Waals surface area contributed by atoms with Crippen molar-refractivity contribution in [2.24, 2.45) is 0 Å². The Morgan fingerprint density at radius 2 is 2.12 bits per heavy atom. The predicted molar refractivity (Wildman–Crippen MR) is 61.4 cm³/mol. The molecule has 2 nitrogen and oxygen atoms in total. The molecule has 1 unspecified atom stereocenters. The van der Waals surface area contributed by atoms with Gasteiger partial charge in [0.15, 0.2) is 0 Å². The molecule has 0 aromatic heterocycles. The van der Waals surface area contributed by atoms with Crippen molar-refractivity contribution in [3.63, 3.8) is 0 Å². The van der Waals surface area contributed by atoms with Crippen LogP contribution in [-0.4, -0.2) is 16.7 Å². The van der Waals surface area contributed by atoms with E-state index in [9.17, 15) is 9.18 Å². The molecule has 0 heterocycles. The van der Waals surface area contributed by atoms with Crippen LogP contribution in [0.3, 0.4) is 0 Å². The van der Waals surface area contributed by atoms with Crippen LogP contribution in [0.4, 0.5) is 4.39 Å². The van der Waals surface area contributed by atoms with Crippen molar-refractivity contribution in [3.05, 3.63) is 35.4 Å². The predicted octanol–water partition coefficient (Wildman–Crippen LogP) is 3.30. The molecule has 1 rings (SSSR count). The highest BCUT2D eigenvalue weighted by Crippen LogP contribution is 2.34. The first-order valence-electron chi connectivity index (χ1n) is 5.28. The third-order valence-corrected chi connectivity index (χ3v) is 2.65. The first-order valence-corrected chi connectivity index (χ1v) is 5.28. The first-order chi connectivity index (χ1) is 7.30. The van der Waals surface area contributed by atoms with Crippen molar-refractivity contribution in [1.82, 2.24) is 0 Å². The minimum Gasteiger partial charge on any atom is -0.481 e. The van der Waals surface area contributed by atoms with Gasteiger partial charge >= 0.3 is 5.97 Å². The smallest absolute Gasteiger partial charge is 0.304 e. The lowest BCUT2D eigenvalue weighted by Crippen LogP contribution is -2.26. The van der Waals surface area contributed by atoms with Crippen molar-refractivity contribution in [3.8, 4) is 0 Å². The summed E-state index contributed by atoms with van der Waals surface area (Å²) in [5.74, 6) is -1.58. The van der Waals surface area contributed by atoms with Gasteiger partial charge in [0.1, 0.15) is 5.67 Å². The molecule has 0 aliphatic carbocycles. The zero-order valence-electron chi connectivity index (χ0n) is 9.83. The lowest BCUT2D eigenvalue weighted by Gasteiger charge is -2.26. The summed E-state index contributed by atoms with van der Waals surface area (Å²) in [7, 11) is 0. The number of hydrogen-bond acceptors (Lipinski definition) is 1. The van der Waals surface area contributed by atoms with Gasteiger partial charge in [-0.1, -0.05) is 29.8 Å². The molecule has 1 aromatic carbocycles. The second-order valence-electron chi connectivity index (χ2n) is 4.63. The quantitative estimate of drug-likeness (QED) is 0.852. The van der Waals surface area contributed by atoms with Gasteiger partial charge in [-0.15, -0.1) is 0 Å². The van der Waals surface area contributed by atoms with Crippen LogP contribution in [0.5, 0.6) is 0 Å². The van der Waals surface area contributed by atoms with Gasteiger partial charge in [0.2, 0.25) is 0 Å². The van der Waals surface area contributed by atoms with Crippen LogP contribution in [0.15, 0.2) is 24.3 Å². The van der Waals surface area contributed by atoms with Crippen LogP contribution in [-0.2, 0) is 4.79 Å². The van der Waals surface area contributed by atoms with E-state index in [1.807, 2.05) is 25.1 Å². The Kier molecular flexibility index (Phi) is 3.68. The SMILES string of the molecule is Cc1cccc(C(CC(=O)O)C(C)(C)F)c1. The number of aryl methyl sites for hydroxylation is 1. The van der Waals surface area contributed by atoms with E-state index in [4.69, 9.17) is 5.11 Å². The monoisotopic (exact) mass is 224 g/mol. The summed E-state index contributed by atoms with van der Waals surface area (Å²) in [6.45, 7) is 4.75. The lowest BCUT2D eigenvalue weighted by molar-refractivity contribution is -0.138. The molecule has 1 N–H and O–H groups in total. The van der Waals surface area contributed by atoms with E-state index in [0.717, 1.165) is 11.1 Å². The van der Waals surface area contributed by atoms with E-state index in [-0.39, 0.29) is 6.42 Å². The fourth-order valence-corrected chi connectivity index (χ4v) is 1.82. The van der Waals surface area contributed by atoms with Crippen molar-refractivity contribution in [2.75, 3.05) is 0 Å². The van der Waals surface area contributed by atoms with Crippen LogP contribution in [0.2, 0.25) is 0 Å². The van der Waals surface area contributed by atoms with Crippen molar-refractivity contribution in [2.45, 2.75) is 38.8 Å². The lowest BCUT2D eigenvalue weighted by atomic mass is 9.83. The molecule has 1 atom stereocenters. The van der Waals surface area contributed by atoms with Crippen molar-refractivity contribution >= 4 is 5.97 Å². The van der Waals surface area contributed by atoms with Gasteiger partial charge < -0.3 is 5.11 Å². The molecule has 0 radical (unpaired) electrons. The fourth-order valence-electron chi connectivity index (χ4n) is 1.82. The highest BCUT2D eigenvalue weighted by Gasteiger charge is 2.32. The highest BCUT2D eigenvalue weighted by atomic mass is 19.1. The molecule has 0 fully saturated rings. The highest BCUT2D eigenvalue weighted by molar-refractivity contribution is 5.68. The number of aliphatic carboxylic acids is 1. The molecule has 0 aliphatic rings. The first kappa shape index (κ1) is 12.7. The van der Waals surface area contributed by atoms with E-state index in [1.54, 1.807) is 6.07 Å². The number of carboxylic acids is 1. The van der Waals surface area contributed by atoms with E-state index >= 15 is 0 Å². The van der Waals surface area contributed by atoms with E-state index in [2.05, 4.69) is 0 Å². The van der Waals surface area contributed by atoms with Gasteiger partial charge in [-0.3, -0.25) is 4.79 Å². The molecule has 3 heteroatoms. The molecule has 88 valence electrons. The number of carboxylic acid groups (broad SMARTS) is 1. The molecule has 0 bridgehead atoms. The second-order valence-corrected chi connectivity index (χ2v) is 4.63. The molecule has 0 saturated heterocycles. The number of hydrogen-bond donors (Lipinski definition) is 1. The average Bonchev–Trinajstić information content (AvgIpc) is 2.12. The maximum Gasteiger partial charge on any atom is 0.304 e. The van der Waals surface area contributed by atoms with Crippen LogP contribution in [0.1, 0.15) is 37.3 Å². The Bertz CT molecular complexity index is 380. The molecule has 1 aromatic rings. The summed E-state index contributed by atoms with van der Waals surface area (Å²) in [6.07, 6.45) is -0.188. The third kappa shape index (κ3) is 3.33. The summed E-state index contributed by atoms with van der Waals surface area (Å²) < 4.78 is 14.0. The van der Waals surface area contributed by atoms with Crippen molar-refractivity contribution in [1.29, 1.82) is 0 Å². The molecule has 0 spiro atoms. The molecule has 0 amide bonds. The Morgan fingerprint density at radius 1 is 1.50 bits per heavy atom. The van der Waals surface area contributed by atoms with Gasteiger partial charge in [-0.2, -0.15) is 0 Å². The standard InChI is InChI=1S/C13H17FO2/c1-9-5-4-6-10(7-9)11(8-12(15)16)13(2,3)14/h4-7,11H,8H2,1-3H3,(H,15,16). The molecule has 0 aliphatic heterocycles. The summed E-state index contributed by atoms with van der Waals surface area (Å²) >= 11 is 0. The topological polar surface area (TPSA) is 37.3 Å². The van der Waals surface area contributed by atoms with E-state index in [1.165, 1.54) is 13.8 Å². The molecular formula is C13H17FO2. The van der Waals surface area contributed by atoms with E-state index < -0.39 is 17.6 Å². The molecule has 0 saturated carbocycles. The maximum absolute atomic E-state index is 14.0. The Morgan fingerprint density at radius 3 is 2.56 bits per heavy atom. The van der Waals surface area contributed by atoms with Gasteiger partial charge in [-0.05, 0) is 26.3 Å². The minimum absolute atomic E-state index is 0.188. The summed E-state index contributed by atoms with van der Waals surface area (Å²) in [6, 6.07) is 7.36. The summed E-state index contributed by atoms with van der Waals surface area (Å²) in [4.78, 5) is 10.7. The largest absolute Gasteiger partial charge is 0.481 e. The Labute approximate surface area is 95.1 Å². The van der Waals surface area contributed by atoms with Crippen LogP contribution in [0.25, 0.3) is 0 Å². The Balaban J connectivity index is 3.06. The zero-order valence-corrected chi connectivity index (χ0v) is 9.83. The molecule has 16 heavy (non-hydrogen) atoms. The van der Waals surface area contributed by atoms with Crippen LogP contribution < -0.4 is 0 Å². The van der Waals surface area contributed by atoms with Crippen LogP contribution >= 0.6 is 0 Å². The number of alkyl halides is 1. The van der Waals surface area contributed by atoms with Gasteiger partial charge in [0, 0.05) is 5.92 Å². The van der Waals surface area contributed by atoms with Gasteiger partial charge in [0.25, 0.3) is 0 Å².